The predicted octanol–water partition coefficient (Wildman–Crippen LogP) is 5.37. The molecule has 2 heteroatoms. The second-order valence-corrected chi connectivity index (χ2v) is 5.78. The zero-order chi connectivity index (χ0) is 14.2. The van der Waals surface area contributed by atoms with Crippen LogP contribution in [-0.4, -0.2) is 6.61 Å². The lowest BCUT2D eigenvalue weighted by Crippen LogP contribution is -2.17. The minimum Gasteiger partial charge on any atom is -0.490 e. The molecule has 1 aromatic rings. The van der Waals surface area contributed by atoms with Crippen molar-refractivity contribution in [2.75, 3.05) is 6.61 Å². The van der Waals surface area contributed by atoms with Gasteiger partial charge in [-0.3, -0.25) is 0 Å². The first-order valence-electron chi connectivity index (χ1n) is 6.69. The molecule has 0 atom stereocenters. The van der Waals surface area contributed by atoms with Gasteiger partial charge in [0.2, 0.25) is 0 Å². The average molecular weight is 254 g/mol. The van der Waals surface area contributed by atoms with Crippen molar-refractivity contribution in [2.24, 2.45) is 5.41 Å². The van der Waals surface area contributed by atoms with Crippen LogP contribution in [0.25, 0.3) is 0 Å². The first-order chi connectivity index (χ1) is 8.30. The fourth-order valence-electron chi connectivity index (χ4n) is 1.02. The van der Waals surface area contributed by atoms with Gasteiger partial charge in [-0.2, -0.15) is 0 Å². The lowest BCUT2D eigenvalue weighted by atomic mass is 9.99. The van der Waals surface area contributed by atoms with Crippen molar-refractivity contribution >= 4 is 0 Å². The maximum absolute atomic E-state index is 13.2. The second kappa shape index (κ2) is 8.12. The number of rotatable bonds is 3. The van der Waals surface area contributed by atoms with E-state index in [-0.39, 0.29) is 11.2 Å². The van der Waals surface area contributed by atoms with Crippen LogP contribution in [0.2, 0.25) is 0 Å². The van der Waals surface area contributed by atoms with Gasteiger partial charge in [0.25, 0.3) is 0 Å². The summed E-state index contributed by atoms with van der Waals surface area (Å²) < 4.78 is 18.6. The van der Waals surface area contributed by atoms with Gasteiger partial charge in [0, 0.05) is 0 Å². The van der Waals surface area contributed by atoms with Crippen LogP contribution in [0, 0.1) is 18.2 Å². The van der Waals surface area contributed by atoms with Crippen molar-refractivity contribution in [1.29, 1.82) is 0 Å². The topological polar surface area (TPSA) is 9.23 Å². The quantitative estimate of drug-likeness (QED) is 0.705. The summed E-state index contributed by atoms with van der Waals surface area (Å²) in [6.07, 6.45) is 2.64. The minimum atomic E-state index is -0.292. The highest BCUT2D eigenvalue weighted by atomic mass is 19.1. The van der Waals surface area contributed by atoms with Crippen LogP contribution in [0.3, 0.4) is 0 Å². The van der Waals surface area contributed by atoms with Gasteiger partial charge in [-0.1, -0.05) is 53.5 Å². The molecular weight excluding hydrogens is 227 g/mol. The molecule has 0 fully saturated rings. The molecular formula is C16H27FO. The summed E-state index contributed by atoms with van der Waals surface area (Å²) in [5, 5.41) is 0. The van der Waals surface area contributed by atoms with Crippen molar-refractivity contribution in [3.05, 3.63) is 29.6 Å². The molecule has 104 valence electrons. The van der Waals surface area contributed by atoms with Crippen molar-refractivity contribution in [3.8, 4) is 5.75 Å². The smallest absolute Gasteiger partial charge is 0.165 e. The maximum atomic E-state index is 13.2. The van der Waals surface area contributed by atoms with Gasteiger partial charge in [0.05, 0.1) is 6.61 Å². The van der Waals surface area contributed by atoms with Crippen LogP contribution in [0.1, 0.15) is 53.0 Å². The van der Waals surface area contributed by atoms with Crippen molar-refractivity contribution in [1.82, 2.24) is 0 Å². The SMILES string of the molecule is CCCC.Cc1ccc(F)c(OCC(C)(C)C)c1. The second-order valence-electron chi connectivity index (χ2n) is 5.78. The molecule has 0 N–H and O–H groups in total. The molecule has 0 aliphatic heterocycles. The molecule has 18 heavy (non-hydrogen) atoms. The molecule has 0 aliphatic carbocycles. The van der Waals surface area contributed by atoms with Crippen molar-refractivity contribution in [3.63, 3.8) is 0 Å². The molecule has 0 saturated carbocycles. The molecule has 0 aromatic heterocycles. The molecule has 0 radical (unpaired) electrons. The normalized spacial score (nSPS) is 10.6. The first-order valence-corrected chi connectivity index (χ1v) is 6.69. The fourth-order valence-corrected chi connectivity index (χ4v) is 1.02. The molecule has 0 aliphatic rings. The Morgan fingerprint density at radius 1 is 1.11 bits per heavy atom. The highest BCUT2D eigenvalue weighted by Crippen LogP contribution is 2.21. The van der Waals surface area contributed by atoms with E-state index in [2.05, 4.69) is 34.6 Å². The Balaban J connectivity index is 0.000000631. The first kappa shape index (κ1) is 16.9. The van der Waals surface area contributed by atoms with E-state index in [1.54, 1.807) is 12.1 Å². The molecule has 0 unspecified atom stereocenters. The third-order valence-corrected chi connectivity index (χ3v) is 2.25. The van der Waals surface area contributed by atoms with E-state index in [1.165, 1.54) is 18.9 Å². The number of hydrogen-bond donors (Lipinski definition) is 0. The van der Waals surface area contributed by atoms with Crippen molar-refractivity contribution < 1.29 is 9.13 Å². The van der Waals surface area contributed by atoms with Crippen LogP contribution in [0.5, 0.6) is 5.75 Å². The van der Waals surface area contributed by atoms with E-state index in [0.29, 0.717) is 12.4 Å². The number of aryl methyl sites for hydroxylation is 1. The van der Waals surface area contributed by atoms with Gasteiger partial charge >= 0.3 is 0 Å². The van der Waals surface area contributed by atoms with E-state index >= 15 is 0 Å². The zero-order valence-corrected chi connectivity index (χ0v) is 12.6. The lowest BCUT2D eigenvalue weighted by molar-refractivity contribution is 0.191. The Morgan fingerprint density at radius 2 is 1.67 bits per heavy atom. The summed E-state index contributed by atoms with van der Waals surface area (Å²) in [6, 6.07) is 4.90. The predicted molar refractivity (Wildman–Crippen MR) is 76.7 cm³/mol. The molecule has 0 heterocycles. The van der Waals surface area contributed by atoms with Gasteiger partial charge in [-0.15, -0.1) is 0 Å². The summed E-state index contributed by atoms with van der Waals surface area (Å²) in [4.78, 5) is 0. The lowest BCUT2D eigenvalue weighted by Gasteiger charge is -2.19. The maximum Gasteiger partial charge on any atom is 0.165 e. The molecule has 1 aromatic carbocycles. The number of benzene rings is 1. The minimum absolute atomic E-state index is 0.0518. The summed E-state index contributed by atoms with van der Waals surface area (Å²) in [7, 11) is 0. The number of ether oxygens (including phenoxy) is 1. The molecule has 1 nitrogen and oxygen atoms in total. The molecule has 0 bridgehead atoms. The van der Waals surface area contributed by atoms with Gasteiger partial charge in [-0.05, 0) is 30.0 Å². The van der Waals surface area contributed by atoms with Crippen LogP contribution < -0.4 is 4.74 Å². The van der Waals surface area contributed by atoms with E-state index in [1.807, 2.05) is 6.92 Å². The molecule has 0 amide bonds. The molecule has 1 rings (SSSR count). The highest BCUT2D eigenvalue weighted by molar-refractivity contribution is 5.29. The largest absolute Gasteiger partial charge is 0.490 e. The average Bonchev–Trinajstić information content (AvgIpc) is 2.30. The Bertz CT molecular complexity index is 337. The summed E-state index contributed by atoms with van der Waals surface area (Å²) in [5.74, 6) is 0.0553. The van der Waals surface area contributed by atoms with E-state index in [4.69, 9.17) is 4.74 Å². The summed E-state index contributed by atoms with van der Waals surface area (Å²) in [5.41, 5.74) is 1.06. The number of hydrogen-bond acceptors (Lipinski definition) is 1. The third kappa shape index (κ3) is 8.10. The Hall–Kier alpha value is -1.05. The van der Waals surface area contributed by atoms with Crippen LogP contribution in [-0.2, 0) is 0 Å². The van der Waals surface area contributed by atoms with Gasteiger partial charge < -0.3 is 4.74 Å². The van der Waals surface area contributed by atoms with Gasteiger partial charge in [-0.25, -0.2) is 4.39 Å². The van der Waals surface area contributed by atoms with Crippen LogP contribution in [0.15, 0.2) is 18.2 Å². The van der Waals surface area contributed by atoms with E-state index < -0.39 is 0 Å². The van der Waals surface area contributed by atoms with E-state index in [9.17, 15) is 4.39 Å². The van der Waals surface area contributed by atoms with Crippen molar-refractivity contribution in [2.45, 2.75) is 54.4 Å². The Kier molecular flexibility index (Phi) is 7.65. The van der Waals surface area contributed by atoms with Crippen LogP contribution in [0.4, 0.5) is 4.39 Å². The monoisotopic (exact) mass is 254 g/mol. The number of unbranched alkanes of at least 4 members (excludes halogenated alkanes) is 1. The number of halogens is 1. The standard InChI is InChI=1S/C12H17FO.C4H10/c1-9-5-6-10(13)11(7-9)14-8-12(2,3)4;1-3-4-2/h5-7H,8H2,1-4H3;3-4H2,1-2H3. The van der Waals surface area contributed by atoms with E-state index in [0.717, 1.165) is 5.56 Å². The fraction of sp³-hybridized carbons (Fsp3) is 0.625. The molecule has 0 spiro atoms. The third-order valence-electron chi connectivity index (χ3n) is 2.25. The van der Waals surface area contributed by atoms with Gasteiger partial charge in [0.15, 0.2) is 11.6 Å². The zero-order valence-electron chi connectivity index (χ0n) is 12.6. The summed E-state index contributed by atoms with van der Waals surface area (Å²) in [6.45, 7) is 13.0. The van der Waals surface area contributed by atoms with Gasteiger partial charge in [0.1, 0.15) is 0 Å². The molecule has 0 saturated heterocycles. The summed E-state index contributed by atoms with van der Waals surface area (Å²) >= 11 is 0. The Morgan fingerprint density at radius 3 is 2.11 bits per heavy atom. The van der Waals surface area contributed by atoms with Crippen LogP contribution >= 0.6 is 0 Å². The Labute approximate surface area is 111 Å². The highest BCUT2D eigenvalue weighted by Gasteiger charge is 2.12.